The molecular formula is C31H30FN5O3S. The highest BCUT2D eigenvalue weighted by molar-refractivity contribution is 7.80. The molecule has 3 heterocycles. The van der Waals surface area contributed by atoms with Crippen molar-refractivity contribution in [2.24, 2.45) is 0 Å². The van der Waals surface area contributed by atoms with Crippen molar-refractivity contribution in [2.45, 2.75) is 39.3 Å². The number of amides is 1. The summed E-state index contributed by atoms with van der Waals surface area (Å²) >= 11 is 5.76. The second-order valence-corrected chi connectivity index (χ2v) is 10.5. The van der Waals surface area contributed by atoms with E-state index in [1.807, 2.05) is 43.9 Å². The molecule has 4 aromatic rings. The van der Waals surface area contributed by atoms with Crippen LogP contribution in [0.4, 0.5) is 10.1 Å². The monoisotopic (exact) mass is 571 g/mol. The largest absolute Gasteiger partial charge is 0.478 e. The smallest absolute Gasteiger partial charge is 0.335 e. The Morgan fingerprint density at radius 2 is 1.83 bits per heavy atom. The van der Waals surface area contributed by atoms with Crippen LogP contribution in [0.25, 0.3) is 5.69 Å². The van der Waals surface area contributed by atoms with Crippen LogP contribution >= 0.6 is 12.2 Å². The first kappa shape index (κ1) is 28.0. The maximum Gasteiger partial charge on any atom is 0.335 e. The standard InChI is InChI=1S/C31H30FN5O3S/c1-18-11-12-21(30(39)40)17-26(18)37-19(2)16-22(20(37)3)29-28(25-10-6-7-14-33-25)35-31(41)36(29)15-13-27(38)34-24-9-5-4-8-23(24)32/h4-12,14,16-17,28-29H,13,15H2,1-3H3,(H,34,38)(H,35,41)(H,39,40)/t28-,29+/m1/s1. The fraction of sp³-hybridized carbons (Fsp3) is 0.226. The van der Waals surface area contributed by atoms with Gasteiger partial charge in [0.1, 0.15) is 5.82 Å². The molecule has 10 heteroatoms. The molecule has 2 aromatic carbocycles. The lowest BCUT2D eigenvalue weighted by Crippen LogP contribution is -2.33. The van der Waals surface area contributed by atoms with Crippen molar-refractivity contribution < 1.29 is 19.1 Å². The Balaban J connectivity index is 1.51. The highest BCUT2D eigenvalue weighted by Gasteiger charge is 2.41. The highest BCUT2D eigenvalue weighted by atomic mass is 32.1. The second kappa shape index (κ2) is 11.5. The number of aromatic carboxylic acids is 1. The molecule has 0 bridgehead atoms. The van der Waals surface area contributed by atoms with Gasteiger partial charge in [-0.2, -0.15) is 0 Å². The average Bonchev–Trinajstić information content (AvgIpc) is 3.43. The summed E-state index contributed by atoms with van der Waals surface area (Å²) in [6, 6.07) is 18.3. The lowest BCUT2D eigenvalue weighted by molar-refractivity contribution is -0.116. The molecule has 1 aliphatic heterocycles. The summed E-state index contributed by atoms with van der Waals surface area (Å²) in [6.07, 6.45) is 1.81. The SMILES string of the molecule is Cc1ccc(C(=O)O)cc1-n1c(C)cc([C@H]2[C@@H](c3ccccn3)NC(=S)N2CCC(=O)Nc2ccccc2F)c1C. The van der Waals surface area contributed by atoms with Gasteiger partial charge in [0, 0.05) is 36.2 Å². The van der Waals surface area contributed by atoms with Crippen LogP contribution in [-0.2, 0) is 4.79 Å². The lowest BCUT2D eigenvalue weighted by atomic mass is 9.96. The van der Waals surface area contributed by atoms with Crippen LogP contribution in [0, 0.1) is 26.6 Å². The molecule has 1 fully saturated rings. The number of para-hydroxylation sites is 1. The Bertz CT molecular complexity index is 1640. The van der Waals surface area contributed by atoms with Gasteiger partial charge in [0.25, 0.3) is 0 Å². The fourth-order valence-electron chi connectivity index (χ4n) is 5.42. The third-order valence-electron chi connectivity index (χ3n) is 7.41. The maximum absolute atomic E-state index is 14.1. The van der Waals surface area contributed by atoms with Gasteiger partial charge in [-0.05, 0) is 86.6 Å². The molecule has 0 aliphatic carbocycles. The average molecular weight is 572 g/mol. The van der Waals surface area contributed by atoms with E-state index in [0.29, 0.717) is 5.11 Å². The summed E-state index contributed by atoms with van der Waals surface area (Å²) in [5, 5.41) is 16.1. The van der Waals surface area contributed by atoms with Crippen molar-refractivity contribution in [2.75, 3.05) is 11.9 Å². The van der Waals surface area contributed by atoms with Gasteiger partial charge in [0.2, 0.25) is 5.91 Å². The Kier molecular flexibility index (Phi) is 7.85. The molecule has 210 valence electrons. The first-order valence-electron chi connectivity index (χ1n) is 13.2. The normalized spacial score (nSPS) is 16.5. The van der Waals surface area contributed by atoms with Crippen LogP contribution < -0.4 is 10.6 Å². The summed E-state index contributed by atoms with van der Waals surface area (Å²) in [4.78, 5) is 31.1. The molecule has 0 saturated carbocycles. The van der Waals surface area contributed by atoms with E-state index in [0.717, 1.165) is 33.9 Å². The lowest BCUT2D eigenvalue weighted by Gasteiger charge is -2.28. The van der Waals surface area contributed by atoms with Gasteiger partial charge in [-0.15, -0.1) is 0 Å². The zero-order chi connectivity index (χ0) is 29.3. The van der Waals surface area contributed by atoms with E-state index in [1.54, 1.807) is 36.5 Å². The molecule has 1 amide bonds. The third kappa shape index (κ3) is 5.55. The summed E-state index contributed by atoms with van der Waals surface area (Å²) in [5.41, 5.74) is 5.68. The molecule has 8 nitrogen and oxygen atoms in total. The third-order valence-corrected chi connectivity index (χ3v) is 7.76. The van der Waals surface area contributed by atoms with E-state index in [2.05, 4.69) is 26.3 Å². The van der Waals surface area contributed by atoms with Crippen molar-refractivity contribution in [3.05, 3.63) is 113 Å². The molecule has 3 N–H and O–H groups in total. The first-order valence-corrected chi connectivity index (χ1v) is 13.6. The minimum atomic E-state index is -0.991. The number of aryl methyl sites for hydroxylation is 2. The topological polar surface area (TPSA) is 99.5 Å². The molecule has 5 rings (SSSR count). The van der Waals surface area contributed by atoms with Gasteiger partial charge in [0.05, 0.1) is 29.0 Å². The highest BCUT2D eigenvalue weighted by Crippen LogP contribution is 2.41. The number of carboxylic acid groups (broad SMARTS) is 1. The number of nitrogens with one attached hydrogen (secondary N) is 2. The van der Waals surface area contributed by atoms with Crippen LogP contribution in [0.5, 0.6) is 0 Å². The Morgan fingerprint density at radius 1 is 1.07 bits per heavy atom. The number of anilines is 1. The van der Waals surface area contributed by atoms with Crippen molar-refractivity contribution >= 4 is 34.9 Å². The second-order valence-electron chi connectivity index (χ2n) is 10.1. The van der Waals surface area contributed by atoms with E-state index < -0.39 is 11.8 Å². The van der Waals surface area contributed by atoms with E-state index in [9.17, 15) is 19.1 Å². The van der Waals surface area contributed by atoms with Gasteiger partial charge in [-0.1, -0.05) is 24.3 Å². The van der Waals surface area contributed by atoms with Crippen LogP contribution in [0.2, 0.25) is 0 Å². The number of thiocarbonyl (C=S) groups is 1. The summed E-state index contributed by atoms with van der Waals surface area (Å²) in [7, 11) is 0. The van der Waals surface area contributed by atoms with Gasteiger partial charge in [0.15, 0.2) is 5.11 Å². The van der Waals surface area contributed by atoms with Gasteiger partial charge in [-0.25, -0.2) is 9.18 Å². The first-order chi connectivity index (χ1) is 19.7. The molecule has 1 aliphatic rings. The molecule has 0 spiro atoms. The van der Waals surface area contributed by atoms with E-state index in [-0.39, 0.29) is 42.2 Å². The van der Waals surface area contributed by atoms with E-state index in [4.69, 9.17) is 12.2 Å². The molecule has 0 unspecified atom stereocenters. The number of carboxylic acids is 1. The molecule has 0 radical (unpaired) electrons. The Hall–Kier alpha value is -4.57. The molecular weight excluding hydrogens is 541 g/mol. The van der Waals surface area contributed by atoms with Crippen molar-refractivity contribution in [3.63, 3.8) is 0 Å². The number of hydrogen-bond donors (Lipinski definition) is 3. The maximum atomic E-state index is 14.1. The Labute approximate surface area is 242 Å². The summed E-state index contributed by atoms with van der Waals surface area (Å²) in [6.45, 7) is 6.21. The van der Waals surface area contributed by atoms with Crippen LogP contribution in [0.1, 0.15) is 57.1 Å². The fourth-order valence-corrected chi connectivity index (χ4v) is 5.76. The van der Waals surface area contributed by atoms with Gasteiger partial charge < -0.3 is 25.2 Å². The summed E-state index contributed by atoms with van der Waals surface area (Å²) in [5.74, 6) is -1.82. The number of halogens is 1. The minimum Gasteiger partial charge on any atom is -0.478 e. The zero-order valence-electron chi connectivity index (χ0n) is 22.9. The number of nitrogens with zero attached hydrogens (tertiary/aromatic N) is 3. The molecule has 41 heavy (non-hydrogen) atoms. The minimum absolute atomic E-state index is 0.0834. The number of carbonyl (C=O) groups is 2. The predicted molar refractivity (Wildman–Crippen MR) is 159 cm³/mol. The van der Waals surface area contributed by atoms with Crippen molar-refractivity contribution in [1.29, 1.82) is 0 Å². The van der Waals surface area contributed by atoms with Crippen molar-refractivity contribution in [1.82, 2.24) is 19.8 Å². The number of hydrogen-bond acceptors (Lipinski definition) is 4. The Morgan fingerprint density at radius 3 is 2.54 bits per heavy atom. The van der Waals surface area contributed by atoms with Gasteiger partial charge in [-0.3, -0.25) is 9.78 Å². The molecule has 2 atom stereocenters. The van der Waals surface area contributed by atoms with Crippen molar-refractivity contribution in [3.8, 4) is 5.69 Å². The van der Waals surface area contributed by atoms with Crippen LogP contribution in [-0.4, -0.2) is 43.1 Å². The van der Waals surface area contributed by atoms with Gasteiger partial charge >= 0.3 is 5.97 Å². The predicted octanol–water partition coefficient (Wildman–Crippen LogP) is 5.64. The molecule has 1 saturated heterocycles. The zero-order valence-corrected chi connectivity index (χ0v) is 23.7. The number of rotatable bonds is 8. The summed E-state index contributed by atoms with van der Waals surface area (Å²) < 4.78 is 16.2. The quantitative estimate of drug-likeness (QED) is 0.236. The number of pyridine rings is 1. The number of carbonyl (C=O) groups excluding carboxylic acids is 1. The van der Waals surface area contributed by atoms with Crippen LogP contribution in [0.3, 0.4) is 0 Å². The van der Waals surface area contributed by atoms with E-state index in [1.165, 1.54) is 12.1 Å². The van der Waals surface area contributed by atoms with E-state index >= 15 is 0 Å². The number of benzene rings is 2. The van der Waals surface area contributed by atoms with Crippen LogP contribution in [0.15, 0.2) is 72.9 Å². The number of aromatic nitrogens is 2. The molecule has 2 aromatic heterocycles.